The van der Waals surface area contributed by atoms with Crippen LogP contribution < -0.4 is 25.0 Å². The molecule has 0 saturated carbocycles. The zero-order valence-electron chi connectivity index (χ0n) is 27.7. The van der Waals surface area contributed by atoms with Crippen molar-refractivity contribution < 1.29 is 47.5 Å². The van der Waals surface area contributed by atoms with Crippen molar-refractivity contribution in [3.05, 3.63) is 42.2 Å². The van der Waals surface area contributed by atoms with Gasteiger partial charge < -0.3 is 58.4 Å². The minimum atomic E-state index is -0.485. The summed E-state index contributed by atoms with van der Waals surface area (Å²) in [4.78, 5) is 36.5. The second kappa shape index (κ2) is 19.8. The number of ether oxygens (including phenoxy) is 6. The van der Waals surface area contributed by atoms with Crippen LogP contribution in [-0.2, 0) is 35.1 Å². The van der Waals surface area contributed by atoms with Crippen molar-refractivity contribution in [3.63, 3.8) is 0 Å². The van der Waals surface area contributed by atoms with E-state index in [1.54, 1.807) is 6.20 Å². The molecule has 2 aromatic heterocycles. The third-order valence-corrected chi connectivity index (χ3v) is 7.72. The number of aliphatic hydroxyl groups is 1. The molecule has 3 aromatic rings. The Bertz CT molecular complexity index is 1440. The fraction of sp³-hybridized carbons (Fsp3) is 0.576. The molecule has 0 bridgehead atoms. The van der Waals surface area contributed by atoms with Crippen molar-refractivity contribution in [2.24, 2.45) is 0 Å². The van der Waals surface area contributed by atoms with E-state index in [9.17, 15) is 14.7 Å². The van der Waals surface area contributed by atoms with Gasteiger partial charge in [-0.3, -0.25) is 14.6 Å². The molecule has 0 radical (unpaired) electrons. The number of hydrogen-bond donors (Lipinski definition) is 3. The second-order valence-corrected chi connectivity index (χ2v) is 11.4. The summed E-state index contributed by atoms with van der Waals surface area (Å²) in [6.07, 6.45) is 1.74. The summed E-state index contributed by atoms with van der Waals surface area (Å²) in [6, 6.07) is 9.97. The smallest absolute Gasteiger partial charge is 0.298 e. The molecule has 1 aromatic carbocycles. The summed E-state index contributed by atoms with van der Waals surface area (Å²) < 4.78 is 39.2. The molecule has 2 aliphatic rings. The number of aliphatic hydroxyl groups excluding tert-OH is 1. The highest BCUT2D eigenvalue weighted by atomic mass is 16.6. The summed E-state index contributed by atoms with van der Waals surface area (Å²) in [6.45, 7) is 7.42. The highest BCUT2D eigenvalue weighted by Crippen LogP contribution is 2.26. The van der Waals surface area contributed by atoms with Crippen LogP contribution in [-0.4, -0.2) is 143 Å². The SMILES string of the molecule is O=C(COCCOCCOCCOCCOc1ccc(COc2ccc3oc(N4CCNCC4)nc3c2)nc1)NCC(=O)N1CC[C@@H](O)C1. The average molecular weight is 687 g/mol. The van der Waals surface area contributed by atoms with E-state index in [1.165, 1.54) is 4.90 Å². The maximum absolute atomic E-state index is 12.0. The number of pyridine rings is 1. The van der Waals surface area contributed by atoms with Crippen molar-refractivity contribution in [1.29, 1.82) is 0 Å². The molecule has 16 nitrogen and oxygen atoms in total. The Morgan fingerprint density at radius 2 is 1.61 bits per heavy atom. The Hall–Kier alpha value is -4.06. The molecule has 2 amide bonds. The first kappa shape index (κ1) is 36.2. The van der Waals surface area contributed by atoms with Crippen LogP contribution in [0.5, 0.6) is 11.5 Å². The van der Waals surface area contributed by atoms with Gasteiger partial charge in [-0.05, 0) is 30.7 Å². The minimum Gasteiger partial charge on any atom is -0.490 e. The van der Waals surface area contributed by atoms with Gasteiger partial charge in [0.25, 0.3) is 6.01 Å². The van der Waals surface area contributed by atoms with Crippen LogP contribution in [0.2, 0.25) is 0 Å². The predicted octanol–water partition coefficient (Wildman–Crippen LogP) is 0.366. The summed E-state index contributed by atoms with van der Waals surface area (Å²) in [7, 11) is 0. The molecule has 16 heteroatoms. The van der Waals surface area contributed by atoms with Crippen LogP contribution in [0.15, 0.2) is 40.9 Å². The van der Waals surface area contributed by atoms with Crippen molar-refractivity contribution in [2.75, 3.05) is 110 Å². The van der Waals surface area contributed by atoms with E-state index in [1.807, 2.05) is 30.3 Å². The zero-order chi connectivity index (χ0) is 34.1. The molecule has 49 heavy (non-hydrogen) atoms. The van der Waals surface area contributed by atoms with Gasteiger partial charge in [-0.15, -0.1) is 0 Å². The van der Waals surface area contributed by atoms with Gasteiger partial charge in [0, 0.05) is 45.3 Å². The zero-order valence-corrected chi connectivity index (χ0v) is 27.7. The summed E-state index contributed by atoms with van der Waals surface area (Å²) in [5.74, 6) is 0.744. The van der Waals surface area contributed by atoms with E-state index in [0.29, 0.717) is 89.9 Å². The fourth-order valence-corrected chi connectivity index (χ4v) is 5.06. The fourth-order valence-electron chi connectivity index (χ4n) is 5.06. The number of piperazine rings is 1. The molecule has 1 atom stereocenters. The Kier molecular flexibility index (Phi) is 14.7. The Morgan fingerprint density at radius 1 is 0.898 bits per heavy atom. The maximum atomic E-state index is 12.0. The maximum Gasteiger partial charge on any atom is 0.298 e. The lowest BCUT2D eigenvalue weighted by Crippen LogP contribution is -2.43. The molecule has 5 rings (SSSR count). The first-order chi connectivity index (χ1) is 24.0. The van der Waals surface area contributed by atoms with E-state index < -0.39 is 6.10 Å². The van der Waals surface area contributed by atoms with E-state index >= 15 is 0 Å². The topological polar surface area (TPSA) is 179 Å². The number of benzene rings is 1. The lowest BCUT2D eigenvalue weighted by molar-refractivity contribution is -0.133. The number of rotatable bonds is 21. The molecule has 2 aliphatic heterocycles. The molecule has 0 aliphatic carbocycles. The molecule has 2 saturated heterocycles. The number of likely N-dealkylation sites (tertiary alicyclic amines) is 1. The highest BCUT2D eigenvalue weighted by molar-refractivity contribution is 5.85. The van der Waals surface area contributed by atoms with E-state index in [2.05, 4.69) is 25.5 Å². The first-order valence-corrected chi connectivity index (χ1v) is 16.6. The summed E-state index contributed by atoms with van der Waals surface area (Å²) in [5, 5.41) is 15.3. The van der Waals surface area contributed by atoms with Crippen molar-refractivity contribution in [1.82, 2.24) is 25.5 Å². The predicted molar refractivity (Wildman–Crippen MR) is 177 cm³/mol. The number of fused-ring (bicyclic) bond motifs is 1. The number of hydrogen-bond acceptors (Lipinski definition) is 14. The van der Waals surface area contributed by atoms with Gasteiger partial charge in [0.1, 0.15) is 36.8 Å². The van der Waals surface area contributed by atoms with Gasteiger partial charge in [0.15, 0.2) is 5.58 Å². The summed E-state index contributed by atoms with van der Waals surface area (Å²) >= 11 is 0. The third kappa shape index (κ3) is 12.4. The van der Waals surface area contributed by atoms with E-state index in [0.717, 1.165) is 43.0 Å². The van der Waals surface area contributed by atoms with Gasteiger partial charge in [-0.2, -0.15) is 4.98 Å². The number of β-amino-alcohol motifs (C(OH)–C–C–N with tert-alkyl or cyclic N) is 1. The molecular formula is C33H46N6O10. The number of amides is 2. The van der Waals surface area contributed by atoms with Crippen LogP contribution in [0.3, 0.4) is 0 Å². The van der Waals surface area contributed by atoms with Gasteiger partial charge >= 0.3 is 0 Å². The summed E-state index contributed by atoms with van der Waals surface area (Å²) in [5.41, 5.74) is 2.26. The van der Waals surface area contributed by atoms with Crippen LogP contribution in [0.1, 0.15) is 12.1 Å². The van der Waals surface area contributed by atoms with E-state index in [-0.39, 0.29) is 31.6 Å². The number of nitrogens with zero attached hydrogens (tertiary/aromatic N) is 4. The number of nitrogens with one attached hydrogen (secondary N) is 2. The second-order valence-electron chi connectivity index (χ2n) is 11.4. The van der Waals surface area contributed by atoms with E-state index in [4.69, 9.17) is 32.8 Å². The minimum absolute atomic E-state index is 0.106. The van der Waals surface area contributed by atoms with Crippen LogP contribution in [0, 0.1) is 0 Å². The molecule has 3 N–H and O–H groups in total. The largest absolute Gasteiger partial charge is 0.490 e. The number of carbonyl (C=O) groups is 2. The first-order valence-electron chi connectivity index (χ1n) is 16.6. The number of aromatic nitrogens is 2. The van der Waals surface area contributed by atoms with Crippen molar-refractivity contribution >= 4 is 28.9 Å². The van der Waals surface area contributed by atoms with Gasteiger partial charge in [-0.25, -0.2) is 0 Å². The van der Waals surface area contributed by atoms with Crippen molar-refractivity contribution in [2.45, 2.75) is 19.1 Å². The standard InChI is InChI=1S/C33H46N6O10/c40-26-5-8-39(22-26)32(42)21-36-31(41)24-46-16-15-44-12-11-43-13-14-45-17-18-47-28-2-1-25(35-20-28)23-48-27-3-4-30-29(19-27)37-33(49-30)38-9-6-34-7-10-38/h1-4,19-20,26,34,40H,5-18,21-24H2,(H,36,41)/t26-/m1/s1. The highest BCUT2D eigenvalue weighted by Gasteiger charge is 2.24. The lowest BCUT2D eigenvalue weighted by Gasteiger charge is -2.25. The Labute approximate surface area is 284 Å². The van der Waals surface area contributed by atoms with Gasteiger partial charge in [-0.1, -0.05) is 0 Å². The molecule has 2 fully saturated rings. The monoisotopic (exact) mass is 686 g/mol. The van der Waals surface area contributed by atoms with Crippen molar-refractivity contribution in [3.8, 4) is 11.5 Å². The molecule has 0 unspecified atom stereocenters. The molecule has 0 spiro atoms. The molecular weight excluding hydrogens is 640 g/mol. The normalized spacial score (nSPS) is 16.3. The molecule has 4 heterocycles. The number of oxazole rings is 1. The van der Waals surface area contributed by atoms with Gasteiger partial charge in [0.2, 0.25) is 11.8 Å². The third-order valence-electron chi connectivity index (χ3n) is 7.72. The van der Waals surface area contributed by atoms with Crippen LogP contribution >= 0.6 is 0 Å². The quantitative estimate of drug-likeness (QED) is 0.131. The average Bonchev–Trinajstić information content (AvgIpc) is 3.77. The number of carbonyl (C=O) groups excluding carboxylic acids is 2. The Morgan fingerprint density at radius 3 is 2.31 bits per heavy atom. The number of anilines is 1. The van der Waals surface area contributed by atoms with Gasteiger partial charge in [0.05, 0.1) is 70.8 Å². The van der Waals surface area contributed by atoms with Crippen LogP contribution in [0.25, 0.3) is 11.1 Å². The lowest BCUT2D eigenvalue weighted by atomic mass is 10.3. The molecule has 268 valence electrons. The van der Waals surface area contributed by atoms with Crippen LogP contribution in [0.4, 0.5) is 6.01 Å². The Balaban J connectivity index is 0.817.